The van der Waals surface area contributed by atoms with Gasteiger partial charge < -0.3 is 34.3 Å². The summed E-state index contributed by atoms with van der Waals surface area (Å²) in [6.07, 6.45) is 6.73. The minimum Gasteiger partial charge on any atom is -0.508 e. The van der Waals surface area contributed by atoms with Gasteiger partial charge in [0.05, 0.1) is 31.4 Å². The van der Waals surface area contributed by atoms with Crippen LogP contribution in [-0.2, 0) is 59.4 Å². The third-order valence-corrected chi connectivity index (χ3v) is 13.2. The number of hydrogen-bond acceptors (Lipinski definition) is 9. The molecule has 0 aliphatic carbocycles. The molecule has 2 fully saturated rings. The number of benzene rings is 2. The standard InChI is InChI=1S/C51H63N7O8/c1-10-44(60)56-18-16-35(28-56)48(62)54(7)45(31(3)4)47(61)53-41-22-32-19-36(23-38(59)21-32)34-14-15-42-39(24-34)40(46(57(42)11-2)37-20-33(29-65-9)26-52-27-37)25-51(5,6)30-66-50(64)43-13-12-17-58(49(41)63)55(43)8/h10,14-15,19-21,23-24,26-27,31,35,41,43,45H,1,8,11-13,16-18,22,25,28-30H2,2-7,9H3,(H-,53,59,61)/p+1/t35-,41-,43-,45-/m0/s1. The normalized spacial score (nSPS) is 20.5. The van der Waals surface area contributed by atoms with Gasteiger partial charge in [0.25, 0.3) is 11.9 Å². The Morgan fingerprint density at radius 2 is 1.85 bits per heavy atom. The van der Waals surface area contributed by atoms with Crippen molar-refractivity contribution in [3.63, 3.8) is 0 Å². The molecule has 2 aromatic heterocycles. The molecule has 5 heterocycles. The number of cyclic esters (lactones) is 1. The number of nitrogens with one attached hydrogen (secondary N) is 1. The van der Waals surface area contributed by atoms with Crippen molar-refractivity contribution in [2.24, 2.45) is 17.3 Å². The number of phenols is 1. The molecule has 2 N–H and O–H groups in total. The molecule has 6 bridgehead atoms. The van der Waals surface area contributed by atoms with Crippen molar-refractivity contribution >= 4 is 47.2 Å². The number of nitrogens with zero attached hydrogens (tertiary/aromatic N) is 6. The summed E-state index contributed by atoms with van der Waals surface area (Å²) < 4.78 is 15.2. The summed E-state index contributed by atoms with van der Waals surface area (Å²) in [4.78, 5) is 77.3. The number of hydrogen-bond donors (Lipinski definition) is 2. The van der Waals surface area contributed by atoms with Gasteiger partial charge in [0.2, 0.25) is 17.7 Å². The predicted molar refractivity (Wildman–Crippen MR) is 251 cm³/mol. The van der Waals surface area contributed by atoms with Crippen LogP contribution in [0.4, 0.5) is 0 Å². The number of ether oxygens (including phenoxy) is 2. The van der Waals surface area contributed by atoms with Crippen molar-refractivity contribution in [3.8, 4) is 28.1 Å². The fourth-order valence-electron chi connectivity index (χ4n) is 10.0. The summed E-state index contributed by atoms with van der Waals surface area (Å²) in [6.45, 7) is 19.7. The Morgan fingerprint density at radius 3 is 2.56 bits per heavy atom. The fourth-order valence-corrected chi connectivity index (χ4v) is 10.0. The lowest BCUT2D eigenvalue weighted by atomic mass is 9.84. The van der Waals surface area contributed by atoms with Gasteiger partial charge >= 0.3 is 5.97 Å². The van der Waals surface area contributed by atoms with Crippen LogP contribution in [0.15, 0.2) is 67.5 Å². The van der Waals surface area contributed by atoms with Crippen molar-refractivity contribution in [2.45, 2.75) is 98.0 Å². The molecule has 0 saturated carbocycles. The summed E-state index contributed by atoms with van der Waals surface area (Å²) in [5, 5.41) is 16.7. The Kier molecular flexibility index (Phi) is 14.2. The van der Waals surface area contributed by atoms with E-state index in [1.807, 2.05) is 32.2 Å². The molecule has 7 rings (SSSR count). The lowest BCUT2D eigenvalue weighted by Crippen LogP contribution is -2.60. The van der Waals surface area contributed by atoms with Crippen LogP contribution in [0.5, 0.6) is 5.75 Å². The molecular formula is C51H64N7O8+. The Labute approximate surface area is 387 Å². The minimum atomic E-state index is -1.20. The highest BCUT2D eigenvalue weighted by Gasteiger charge is 2.45. The zero-order valence-corrected chi connectivity index (χ0v) is 39.3. The Morgan fingerprint density at radius 1 is 1.08 bits per heavy atom. The molecular weight excluding hydrogens is 839 g/mol. The van der Waals surface area contributed by atoms with E-state index in [1.165, 1.54) is 20.7 Å². The highest BCUT2D eigenvalue weighted by Crippen LogP contribution is 2.41. The molecule has 4 aromatic rings. The molecule has 15 heteroatoms. The quantitative estimate of drug-likeness (QED) is 0.118. The van der Waals surface area contributed by atoms with Gasteiger partial charge in [-0.1, -0.05) is 46.4 Å². The van der Waals surface area contributed by atoms with E-state index in [1.54, 1.807) is 37.4 Å². The lowest BCUT2D eigenvalue weighted by molar-refractivity contribution is -0.693. The number of aryl methyl sites for hydroxylation is 1. The fraction of sp³-hybridized carbons (Fsp3) is 0.471. The summed E-state index contributed by atoms with van der Waals surface area (Å²) in [6, 6.07) is 10.5. The number of carbonyl (C=O) groups excluding carboxylic acids is 5. The number of hydrazine groups is 1. The van der Waals surface area contributed by atoms with Gasteiger partial charge in [-0.05, 0) is 96.3 Å². The maximum atomic E-state index is 14.9. The summed E-state index contributed by atoms with van der Waals surface area (Å²) in [7, 11) is 3.23. The highest BCUT2D eigenvalue weighted by molar-refractivity contribution is 5.96. The molecule has 0 unspecified atom stereocenters. The number of rotatable bonds is 10. The van der Waals surface area contributed by atoms with Crippen LogP contribution in [0, 0.1) is 17.3 Å². The first kappa shape index (κ1) is 47.6. The summed E-state index contributed by atoms with van der Waals surface area (Å²) >= 11 is 0. The van der Waals surface area contributed by atoms with Gasteiger partial charge in [0.1, 0.15) is 17.8 Å². The van der Waals surface area contributed by atoms with E-state index in [4.69, 9.17) is 9.47 Å². The maximum absolute atomic E-state index is 14.9. The smallest absolute Gasteiger partial charge is 0.378 e. The van der Waals surface area contributed by atoms with Crippen molar-refractivity contribution in [3.05, 3.63) is 84.2 Å². The Hall–Kier alpha value is -6.35. The van der Waals surface area contributed by atoms with Crippen LogP contribution in [-0.4, -0.2) is 129 Å². The zero-order valence-electron chi connectivity index (χ0n) is 39.3. The first-order valence-corrected chi connectivity index (χ1v) is 22.9. The number of esters is 1. The number of methoxy groups -OCH3 is 1. The molecule has 3 aliphatic rings. The van der Waals surface area contributed by atoms with Gasteiger partial charge in [-0.15, -0.1) is 9.69 Å². The van der Waals surface area contributed by atoms with Crippen LogP contribution in [0.25, 0.3) is 33.3 Å². The van der Waals surface area contributed by atoms with Gasteiger partial charge in [-0.25, -0.2) is 4.79 Å². The highest BCUT2D eigenvalue weighted by atomic mass is 16.5. The third-order valence-electron chi connectivity index (χ3n) is 13.2. The van der Waals surface area contributed by atoms with Crippen LogP contribution < -0.4 is 5.32 Å². The molecule has 3 aliphatic heterocycles. The number of pyridine rings is 1. The molecule has 4 atom stereocenters. The van der Waals surface area contributed by atoms with Crippen LogP contribution >= 0.6 is 0 Å². The second-order valence-corrected chi connectivity index (χ2v) is 19.1. The molecule has 2 saturated heterocycles. The van der Waals surface area contributed by atoms with Crippen LogP contribution in [0.2, 0.25) is 0 Å². The number of aromatic hydroxyl groups is 1. The van der Waals surface area contributed by atoms with E-state index in [0.29, 0.717) is 56.5 Å². The van der Waals surface area contributed by atoms with E-state index >= 15 is 0 Å². The second kappa shape index (κ2) is 19.6. The summed E-state index contributed by atoms with van der Waals surface area (Å²) in [5.41, 5.74) is 6.49. The van der Waals surface area contributed by atoms with Crippen molar-refractivity contribution < 1.29 is 43.2 Å². The van der Waals surface area contributed by atoms with E-state index < -0.39 is 47.2 Å². The van der Waals surface area contributed by atoms with Crippen LogP contribution in [0.3, 0.4) is 0 Å². The molecule has 350 valence electrons. The number of amides is 4. The summed E-state index contributed by atoms with van der Waals surface area (Å²) in [5.74, 6) is -2.96. The SMILES string of the molecule is C=CC(=O)N1CC[C@H](C(=O)N(C)[C@H](C(=O)N[C@H]2Cc3cc(O)cc(c3)-c3ccc4c(c3)c(c(-c3cncc(COC)c3)n4CC)CC(C)(C)COC(=O)[C@@H]3CCCN(C2=O)[N+]3=C)C(C)C)C1. The zero-order chi connectivity index (χ0) is 47.6. The van der Waals surface area contributed by atoms with Crippen molar-refractivity contribution in [1.29, 1.82) is 0 Å². The number of likely N-dealkylation sites (N-methyl/N-ethyl adjacent to an activating group) is 1. The number of aromatic nitrogens is 2. The molecule has 66 heavy (non-hydrogen) atoms. The number of phenolic OH excluding ortho intramolecular Hbond substituents is 1. The number of fused-ring (bicyclic) bond motifs is 6. The van der Waals surface area contributed by atoms with E-state index in [9.17, 15) is 29.1 Å². The van der Waals surface area contributed by atoms with E-state index in [-0.39, 0.29) is 49.6 Å². The van der Waals surface area contributed by atoms with E-state index in [2.05, 4.69) is 67.1 Å². The molecule has 2 aromatic carbocycles. The number of carbonyl (C=O) groups is 5. The molecule has 0 radical (unpaired) electrons. The average Bonchev–Trinajstić information content (AvgIpc) is 3.90. The maximum Gasteiger partial charge on any atom is 0.378 e. The number of likely N-dealkylation sites (tertiary alicyclic amines) is 1. The second-order valence-electron chi connectivity index (χ2n) is 19.1. The van der Waals surface area contributed by atoms with Crippen LogP contribution in [0.1, 0.15) is 70.6 Å². The Bertz CT molecular complexity index is 2560. The topological polar surface area (TPSA) is 167 Å². The van der Waals surface area contributed by atoms with Gasteiger partial charge in [0, 0.05) is 80.9 Å². The van der Waals surface area contributed by atoms with Crippen molar-refractivity contribution in [2.75, 3.05) is 40.4 Å². The van der Waals surface area contributed by atoms with Crippen molar-refractivity contribution in [1.82, 2.24) is 29.7 Å². The minimum absolute atomic E-state index is 0.0192. The number of hydrazone groups is 1. The van der Waals surface area contributed by atoms with Gasteiger partial charge in [-0.3, -0.25) is 24.2 Å². The Balaban J connectivity index is 1.31. The van der Waals surface area contributed by atoms with Gasteiger partial charge in [-0.2, -0.15) is 0 Å². The van der Waals surface area contributed by atoms with E-state index in [0.717, 1.165) is 38.9 Å². The molecule has 0 spiro atoms. The monoisotopic (exact) mass is 902 g/mol. The lowest BCUT2D eigenvalue weighted by Gasteiger charge is -2.34. The van der Waals surface area contributed by atoms with Gasteiger partial charge in [0.15, 0.2) is 6.72 Å². The molecule has 15 nitrogen and oxygen atoms in total. The largest absolute Gasteiger partial charge is 0.508 e. The average molecular weight is 903 g/mol. The first-order valence-electron chi connectivity index (χ1n) is 22.9. The molecule has 4 amide bonds. The first-order chi connectivity index (χ1) is 31.4. The third kappa shape index (κ3) is 9.76. The predicted octanol–water partition coefficient (Wildman–Crippen LogP) is 5.53.